The number of hydrogen-bond acceptors (Lipinski definition) is 1. The van der Waals surface area contributed by atoms with Crippen molar-refractivity contribution in [1.29, 1.82) is 0 Å². The van der Waals surface area contributed by atoms with Gasteiger partial charge in [-0.2, -0.15) is 0 Å². The summed E-state index contributed by atoms with van der Waals surface area (Å²) in [5.41, 5.74) is 0. The Morgan fingerprint density at radius 1 is 1.13 bits per heavy atom. The molecule has 0 aromatic carbocycles. The molecule has 1 aliphatic rings. The predicted molar refractivity (Wildman–Crippen MR) is 68.1 cm³/mol. The molecule has 90 valence electrons. The van der Waals surface area contributed by atoms with Gasteiger partial charge in [0.05, 0.1) is 0 Å². The third-order valence-corrected chi connectivity index (χ3v) is 3.95. The molecule has 0 aliphatic heterocycles. The molecule has 0 heterocycles. The molecule has 1 aliphatic carbocycles. The standard InChI is InChI=1S/C14H29N/c1-4-9-12(3)14(15-5-2)13-10-7-6-8-11-13/h12-15H,4-11H2,1-3H3. The van der Waals surface area contributed by atoms with Gasteiger partial charge in [-0.05, 0) is 37.6 Å². The minimum Gasteiger partial charge on any atom is -0.314 e. The third kappa shape index (κ3) is 4.14. The van der Waals surface area contributed by atoms with Gasteiger partial charge in [0.15, 0.2) is 0 Å². The second-order valence-electron chi connectivity index (χ2n) is 5.25. The minimum absolute atomic E-state index is 0.787. The molecule has 1 heteroatoms. The van der Waals surface area contributed by atoms with Gasteiger partial charge in [0, 0.05) is 6.04 Å². The maximum atomic E-state index is 3.74. The monoisotopic (exact) mass is 211 g/mol. The molecule has 1 saturated carbocycles. The van der Waals surface area contributed by atoms with Gasteiger partial charge >= 0.3 is 0 Å². The maximum Gasteiger partial charge on any atom is 0.0121 e. The summed E-state index contributed by atoms with van der Waals surface area (Å²) in [5.74, 6) is 1.82. The van der Waals surface area contributed by atoms with E-state index in [0.717, 1.165) is 24.4 Å². The summed E-state index contributed by atoms with van der Waals surface area (Å²) in [6.07, 6.45) is 10.0. The van der Waals surface area contributed by atoms with Gasteiger partial charge in [-0.1, -0.05) is 46.5 Å². The first kappa shape index (κ1) is 13.0. The highest BCUT2D eigenvalue weighted by molar-refractivity contribution is 4.82. The van der Waals surface area contributed by atoms with Crippen LogP contribution in [0, 0.1) is 11.8 Å². The van der Waals surface area contributed by atoms with Gasteiger partial charge in [0.2, 0.25) is 0 Å². The smallest absolute Gasteiger partial charge is 0.0121 e. The molecular weight excluding hydrogens is 182 g/mol. The summed E-state index contributed by atoms with van der Waals surface area (Å²) in [6.45, 7) is 8.12. The maximum absolute atomic E-state index is 3.74. The summed E-state index contributed by atoms with van der Waals surface area (Å²) < 4.78 is 0. The van der Waals surface area contributed by atoms with Crippen molar-refractivity contribution < 1.29 is 0 Å². The van der Waals surface area contributed by atoms with Crippen molar-refractivity contribution in [2.24, 2.45) is 11.8 Å². The van der Waals surface area contributed by atoms with E-state index < -0.39 is 0 Å². The van der Waals surface area contributed by atoms with Crippen LogP contribution in [-0.2, 0) is 0 Å². The highest BCUT2D eigenvalue weighted by Gasteiger charge is 2.26. The normalized spacial score (nSPS) is 22.6. The van der Waals surface area contributed by atoms with E-state index in [-0.39, 0.29) is 0 Å². The molecule has 0 spiro atoms. The van der Waals surface area contributed by atoms with Crippen LogP contribution in [0.3, 0.4) is 0 Å². The van der Waals surface area contributed by atoms with Crippen LogP contribution in [0.15, 0.2) is 0 Å². The second-order valence-corrected chi connectivity index (χ2v) is 5.25. The van der Waals surface area contributed by atoms with Crippen molar-refractivity contribution >= 4 is 0 Å². The van der Waals surface area contributed by atoms with Crippen molar-refractivity contribution in [3.05, 3.63) is 0 Å². The molecule has 0 bridgehead atoms. The van der Waals surface area contributed by atoms with Crippen LogP contribution >= 0.6 is 0 Å². The zero-order chi connectivity index (χ0) is 11.1. The largest absolute Gasteiger partial charge is 0.314 e. The van der Waals surface area contributed by atoms with Gasteiger partial charge < -0.3 is 5.32 Å². The Balaban J connectivity index is 2.46. The van der Waals surface area contributed by atoms with Crippen LogP contribution in [0.5, 0.6) is 0 Å². The molecule has 2 atom stereocenters. The molecule has 1 fully saturated rings. The van der Waals surface area contributed by atoms with Crippen LogP contribution < -0.4 is 5.32 Å². The molecule has 0 saturated heterocycles. The summed E-state index contributed by atoms with van der Waals surface area (Å²) >= 11 is 0. The Morgan fingerprint density at radius 3 is 2.33 bits per heavy atom. The Bertz CT molecular complexity index is 149. The molecule has 0 amide bonds. The third-order valence-electron chi connectivity index (χ3n) is 3.95. The van der Waals surface area contributed by atoms with Crippen molar-refractivity contribution in [2.45, 2.75) is 71.8 Å². The minimum atomic E-state index is 0.787. The van der Waals surface area contributed by atoms with Gasteiger partial charge in [0.1, 0.15) is 0 Å². The lowest BCUT2D eigenvalue weighted by atomic mass is 9.78. The zero-order valence-corrected chi connectivity index (χ0v) is 10.9. The molecule has 1 N–H and O–H groups in total. The zero-order valence-electron chi connectivity index (χ0n) is 10.9. The predicted octanol–water partition coefficient (Wildman–Crippen LogP) is 3.98. The summed E-state index contributed by atoms with van der Waals surface area (Å²) in [5, 5.41) is 3.74. The molecule has 0 aromatic rings. The first-order chi connectivity index (χ1) is 7.29. The summed E-state index contributed by atoms with van der Waals surface area (Å²) in [7, 11) is 0. The summed E-state index contributed by atoms with van der Waals surface area (Å²) in [4.78, 5) is 0. The Labute approximate surface area is 96.0 Å². The fourth-order valence-corrected chi connectivity index (χ4v) is 3.20. The SMILES string of the molecule is CCCC(C)C(NCC)C1CCCCC1. The van der Waals surface area contributed by atoms with Crippen LogP contribution in [0.25, 0.3) is 0 Å². The average Bonchev–Trinajstić information content (AvgIpc) is 2.27. The summed E-state index contributed by atoms with van der Waals surface area (Å²) in [6, 6.07) is 0.787. The van der Waals surface area contributed by atoms with Gasteiger partial charge in [-0.3, -0.25) is 0 Å². The lowest BCUT2D eigenvalue weighted by molar-refractivity contribution is 0.209. The van der Waals surface area contributed by atoms with E-state index in [1.807, 2.05) is 0 Å². The molecule has 0 aromatic heterocycles. The molecule has 15 heavy (non-hydrogen) atoms. The molecule has 1 nitrogen and oxygen atoms in total. The van der Waals surface area contributed by atoms with Crippen LogP contribution in [0.2, 0.25) is 0 Å². The number of rotatable bonds is 6. The molecule has 2 unspecified atom stereocenters. The fourth-order valence-electron chi connectivity index (χ4n) is 3.20. The number of hydrogen-bond donors (Lipinski definition) is 1. The second kappa shape index (κ2) is 7.27. The topological polar surface area (TPSA) is 12.0 Å². The van der Waals surface area contributed by atoms with E-state index >= 15 is 0 Å². The molecule has 1 rings (SSSR count). The van der Waals surface area contributed by atoms with E-state index in [1.54, 1.807) is 0 Å². The first-order valence-corrected chi connectivity index (χ1v) is 7.03. The Kier molecular flexibility index (Phi) is 6.31. The first-order valence-electron chi connectivity index (χ1n) is 7.03. The van der Waals surface area contributed by atoms with Crippen molar-refractivity contribution in [1.82, 2.24) is 5.32 Å². The van der Waals surface area contributed by atoms with E-state index in [9.17, 15) is 0 Å². The van der Waals surface area contributed by atoms with Crippen LogP contribution in [0.1, 0.15) is 65.7 Å². The average molecular weight is 211 g/mol. The highest BCUT2D eigenvalue weighted by Crippen LogP contribution is 2.30. The van der Waals surface area contributed by atoms with E-state index in [4.69, 9.17) is 0 Å². The van der Waals surface area contributed by atoms with E-state index in [2.05, 4.69) is 26.1 Å². The lowest BCUT2D eigenvalue weighted by Gasteiger charge is -2.35. The number of nitrogens with one attached hydrogen (secondary N) is 1. The highest BCUT2D eigenvalue weighted by atomic mass is 14.9. The molecule has 0 radical (unpaired) electrons. The van der Waals surface area contributed by atoms with Crippen LogP contribution in [-0.4, -0.2) is 12.6 Å². The Morgan fingerprint density at radius 2 is 1.80 bits per heavy atom. The van der Waals surface area contributed by atoms with Crippen molar-refractivity contribution in [3.63, 3.8) is 0 Å². The fraction of sp³-hybridized carbons (Fsp3) is 1.00. The lowest BCUT2D eigenvalue weighted by Crippen LogP contribution is -2.42. The van der Waals surface area contributed by atoms with Crippen LogP contribution in [0.4, 0.5) is 0 Å². The van der Waals surface area contributed by atoms with Crippen molar-refractivity contribution in [2.75, 3.05) is 6.54 Å². The van der Waals surface area contributed by atoms with E-state index in [1.165, 1.54) is 44.9 Å². The van der Waals surface area contributed by atoms with Gasteiger partial charge in [0.25, 0.3) is 0 Å². The Hall–Kier alpha value is -0.0400. The van der Waals surface area contributed by atoms with Gasteiger partial charge in [-0.15, -0.1) is 0 Å². The molecular formula is C14H29N. The van der Waals surface area contributed by atoms with Gasteiger partial charge in [-0.25, -0.2) is 0 Å². The van der Waals surface area contributed by atoms with E-state index in [0.29, 0.717) is 0 Å². The van der Waals surface area contributed by atoms with Crippen molar-refractivity contribution in [3.8, 4) is 0 Å². The quantitative estimate of drug-likeness (QED) is 0.700.